The second kappa shape index (κ2) is 12.0. The van der Waals surface area contributed by atoms with E-state index in [9.17, 15) is 14.0 Å². The lowest BCUT2D eigenvalue weighted by Crippen LogP contribution is -2.54. The van der Waals surface area contributed by atoms with E-state index in [2.05, 4.69) is 4.90 Å². The molecule has 212 valence electrons. The Hall–Kier alpha value is -3.84. The summed E-state index contributed by atoms with van der Waals surface area (Å²) in [4.78, 5) is 32.7. The first-order chi connectivity index (χ1) is 20.0. The summed E-state index contributed by atoms with van der Waals surface area (Å²) < 4.78 is 20.7. The average Bonchev–Trinajstić information content (AvgIpc) is 3.00. The van der Waals surface area contributed by atoms with Crippen molar-refractivity contribution in [3.63, 3.8) is 0 Å². The SMILES string of the molecule is O=C(c1ccc(/C=C2\OC3CCCCC3N(Cc3ccccc3F)C2=O)cc1)N1CCN(c2cccc(Cl)c2)CC1. The Labute approximate surface area is 244 Å². The summed E-state index contributed by atoms with van der Waals surface area (Å²) in [6.45, 7) is 2.94. The maximum Gasteiger partial charge on any atom is 0.289 e. The highest BCUT2D eigenvalue weighted by Gasteiger charge is 2.41. The first-order valence-corrected chi connectivity index (χ1v) is 14.7. The normalized spacial score (nSPS) is 22.0. The van der Waals surface area contributed by atoms with Gasteiger partial charge in [-0.2, -0.15) is 0 Å². The van der Waals surface area contributed by atoms with Gasteiger partial charge in [0.25, 0.3) is 11.8 Å². The minimum atomic E-state index is -0.309. The zero-order valence-electron chi connectivity index (χ0n) is 22.8. The van der Waals surface area contributed by atoms with Gasteiger partial charge in [-0.05, 0) is 67.3 Å². The van der Waals surface area contributed by atoms with Gasteiger partial charge in [0.1, 0.15) is 11.9 Å². The molecule has 0 spiro atoms. The molecule has 2 heterocycles. The van der Waals surface area contributed by atoms with Crippen LogP contribution in [0.3, 0.4) is 0 Å². The molecule has 1 aliphatic carbocycles. The third-order valence-corrected chi connectivity index (χ3v) is 8.55. The zero-order valence-corrected chi connectivity index (χ0v) is 23.6. The van der Waals surface area contributed by atoms with Crippen molar-refractivity contribution in [3.05, 3.63) is 106 Å². The first kappa shape index (κ1) is 27.3. The molecule has 8 heteroatoms. The number of ether oxygens (including phenoxy) is 1. The van der Waals surface area contributed by atoms with Crippen LogP contribution < -0.4 is 4.90 Å². The van der Waals surface area contributed by atoms with Crippen LogP contribution in [0.1, 0.15) is 47.2 Å². The molecule has 6 nitrogen and oxygen atoms in total. The Morgan fingerprint density at radius 3 is 2.46 bits per heavy atom. The number of anilines is 1. The Morgan fingerprint density at radius 1 is 0.951 bits per heavy atom. The Kier molecular flexibility index (Phi) is 7.97. The molecule has 3 aliphatic rings. The van der Waals surface area contributed by atoms with Crippen molar-refractivity contribution >= 4 is 35.2 Å². The van der Waals surface area contributed by atoms with Crippen LogP contribution in [-0.2, 0) is 16.1 Å². The van der Waals surface area contributed by atoms with Crippen LogP contribution in [0.5, 0.6) is 0 Å². The molecule has 6 rings (SSSR count). The van der Waals surface area contributed by atoms with Crippen LogP contribution in [-0.4, -0.2) is 59.9 Å². The Morgan fingerprint density at radius 2 is 1.71 bits per heavy atom. The number of carbonyl (C=O) groups is 2. The third kappa shape index (κ3) is 5.96. The van der Waals surface area contributed by atoms with Crippen molar-refractivity contribution < 1.29 is 18.7 Å². The predicted molar refractivity (Wildman–Crippen MR) is 158 cm³/mol. The van der Waals surface area contributed by atoms with E-state index < -0.39 is 0 Å². The van der Waals surface area contributed by atoms with E-state index in [0.717, 1.165) is 50.0 Å². The van der Waals surface area contributed by atoms with Crippen molar-refractivity contribution in [2.24, 2.45) is 0 Å². The van der Waals surface area contributed by atoms with Gasteiger partial charge in [0.15, 0.2) is 5.76 Å². The minimum absolute atomic E-state index is 0.0129. The molecule has 1 saturated carbocycles. The molecule has 0 aromatic heterocycles. The standard InChI is InChI=1S/C33H33ClFN3O3/c34-26-7-5-8-27(21-26)36-16-18-37(19-17-36)32(39)24-14-12-23(13-15-24)20-31-33(40)38(22-25-6-1-2-9-28(25)35)29-10-3-4-11-30(29)41-31/h1-2,5-9,12-15,20-21,29-30H,3-4,10-11,16-19,22H2/b31-20-. The molecule has 41 heavy (non-hydrogen) atoms. The van der Waals surface area contributed by atoms with Crippen LogP contribution in [0.4, 0.5) is 10.1 Å². The maximum absolute atomic E-state index is 14.5. The molecule has 3 aromatic rings. The van der Waals surface area contributed by atoms with Crippen LogP contribution in [0.15, 0.2) is 78.6 Å². The molecule has 0 N–H and O–H groups in total. The Balaban J connectivity index is 1.14. The summed E-state index contributed by atoms with van der Waals surface area (Å²) >= 11 is 6.14. The van der Waals surface area contributed by atoms with E-state index in [4.69, 9.17) is 16.3 Å². The van der Waals surface area contributed by atoms with E-state index in [0.29, 0.717) is 29.2 Å². The second-order valence-electron chi connectivity index (χ2n) is 10.9. The lowest BCUT2D eigenvalue weighted by atomic mass is 9.89. The van der Waals surface area contributed by atoms with Crippen molar-refractivity contribution in [1.82, 2.24) is 9.80 Å². The number of hydrogen-bond acceptors (Lipinski definition) is 4. The van der Waals surface area contributed by atoms with Crippen LogP contribution in [0.25, 0.3) is 6.08 Å². The number of piperazine rings is 1. The number of fused-ring (bicyclic) bond motifs is 1. The molecular formula is C33H33ClFN3O3. The number of morpholine rings is 1. The fourth-order valence-corrected chi connectivity index (χ4v) is 6.25. The lowest BCUT2D eigenvalue weighted by molar-refractivity contribution is -0.149. The number of rotatable bonds is 5. The molecule has 3 aromatic carbocycles. The van der Waals surface area contributed by atoms with Crippen LogP contribution in [0, 0.1) is 5.82 Å². The Bertz CT molecular complexity index is 1450. The van der Waals surface area contributed by atoms with E-state index in [1.54, 1.807) is 41.3 Å². The van der Waals surface area contributed by atoms with Crippen molar-refractivity contribution in [2.45, 2.75) is 44.4 Å². The summed E-state index contributed by atoms with van der Waals surface area (Å²) in [6, 6.07) is 21.6. The van der Waals surface area contributed by atoms with Crippen LogP contribution in [0.2, 0.25) is 5.02 Å². The highest BCUT2D eigenvalue weighted by atomic mass is 35.5. The zero-order chi connectivity index (χ0) is 28.3. The van der Waals surface area contributed by atoms with Gasteiger partial charge in [0.05, 0.1) is 6.04 Å². The van der Waals surface area contributed by atoms with E-state index >= 15 is 0 Å². The molecule has 2 saturated heterocycles. The summed E-state index contributed by atoms with van der Waals surface area (Å²) in [5.74, 6) is -0.285. The summed E-state index contributed by atoms with van der Waals surface area (Å²) in [5, 5.41) is 0.702. The van der Waals surface area contributed by atoms with Gasteiger partial charge < -0.3 is 19.4 Å². The van der Waals surface area contributed by atoms with Crippen molar-refractivity contribution in [3.8, 4) is 0 Å². The second-order valence-corrected chi connectivity index (χ2v) is 11.4. The monoisotopic (exact) mass is 573 g/mol. The number of halogens is 2. The fraction of sp³-hybridized carbons (Fsp3) is 0.333. The first-order valence-electron chi connectivity index (χ1n) is 14.3. The topological polar surface area (TPSA) is 53.1 Å². The molecule has 3 fully saturated rings. The number of benzene rings is 3. The molecule has 2 amide bonds. The predicted octanol–water partition coefficient (Wildman–Crippen LogP) is 6.15. The summed E-state index contributed by atoms with van der Waals surface area (Å²) in [6.07, 6.45) is 5.41. The molecule has 0 bridgehead atoms. The van der Waals surface area contributed by atoms with E-state index in [1.165, 1.54) is 6.07 Å². The summed E-state index contributed by atoms with van der Waals surface area (Å²) in [5.41, 5.74) is 2.94. The highest BCUT2D eigenvalue weighted by Crippen LogP contribution is 2.34. The molecule has 0 radical (unpaired) electrons. The van der Waals surface area contributed by atoms with E-state index in [-0.39, 0.29) is 42.1 Å². The lowest BCUT2D eigenvalue weighted by Gasteiger charge is -2.44. The van der Waals surface area contributed by atoms with Gasteiger partial charge in [-0.15, -0.1) is 0 Å². The van der Waals surface area contributed by atoms with Gasteiger partial charge in [-0.3, -0.25) is 9.59 Å². The number of carbonyl (C=O) groups excluding carboxylic acids is 2. The van der Waals surface area contributed by atoms with Gasteiger partial charge in [-0.1, -0.05) is 54.4 Å². The van der Waals surface area contributed by atoms with Crippen molar-refractivity contribution in [1.29, 1.82) is 0 Å². The highest BCUT2D eigenvalue weighted by molar-refractivity contribution is 6.30. The van der Waals surface area contributed by atoms with Crippen molar-refractivity contribution in [2.75, 3.05) is 31.1 Å². The number of nitrogens with zero attached hydrogens (tertiary/aromatic N) is 3. The van der Waals surface area contributed by atoms with Gasteiger partial charge in [0, 0.05) is 54.6 Å². The van der Waals surface area contributed by atoms with E-state index in [1.807, 2.05) is 41.3 Å². The van der Waals surface area contributed by atoms with Gasteiger partial charge >= 0.3 is 0 Å². The van der Waals surface area contributed by atoms with Gasteiger partial charge in [-0.25, -0.2) is 4.39 Å². The smallest absolute Gasteiger partial charge is 0.289 e. The largest absolute Gasteiger partial charge is 0.482 e. The fourth-order valence-electron chi connectivity index (χ4n) is 6.07. The number of hydrogen-bond donors (Lipinski definition) is 0. The summed E-state index contributed by atoms with van der Waals surface area (Å²) in [7, 11) is 0. The quantitative estimate of drug-likeness (QED) is 0.343. The molecular weight excluding hydrogens is 541 g/mol. The molecule has 2 aliphatic heterocycles. The maximum atomic E-state index is 14.5. The average molecular weight is 574 g/mol. The minimum Gasteiger partial charge on any atom is -0.482 e. The third-order valence-electron chi connectivity index (χ3n) is 8.31. The van der Waals surface area contributed by atoms with Crippen LogP contribution >= 0.6 is 11.6 Å². The number of amides is 2. The van der Waals surface area contributed by atoms with Gasteiger partial charge in [0.2, 0.25) is 0 Å². The molecule has 2 atom stereocenters. The molecule has 2 unspecified atom stereocenters.